The molecule has 0 saturated heterocycles. The summed E-state index contributed by atoms with van der Waals surface area (Å²) in [6.07, 6.45) is 9.10. The molecule has 0 unspecified atom stereocenters. The average molecular weight is 260 g/mol. The first-order valence-electron chi connectivity index (χ1n) is 6.60. The molecule has 0 spiro atoms. The van der Waals surface area contributed by atoms with Crippen molar-refractivity contribution in [3.63, 3.8) is 0 Å². The molecule has 0 amide bonds. The van der Waals surface area contributed by atoms with Crippen LogP contribution in [-0.4, -0.2) is 20.6 Å². The van der Waals surface area contributed by atoms with E-state index >= 15 is 0 Å². The van der Waals surface area contributed by atoms with Crippen LogP contribution in [0.2, 0.25) is 0 Å². The molecule has 94 valence electrons. The van der Waals surface area contributed by atoms with Crippen molar-refractivity contribution in [1.29, 1.82) is 0 Å². The monoisotopic (exact) mass is 260 g/mol. The maximum atomic E-state index is 4.72. The zero-order valence-electron chi connectivity index (χ0n) is 10.2. The first kappa shape index (κ1) is 10.7. The first-order valence-corrected chi connectivity index (χ1v) is 7.48. The highest BCUT2D eigenvalue weighted by Crippen LogP contribution is 2.38. The van der Waals surface area contributed by atoms with Crippen molar-refractivity contribution in [3.8, 4) is 10.7 Å². The fourth-order valence-electron chi connectivity index (χ4n) is 2.16. The third-order valence-electron chi connectivity index (χ3n) is 3.53. The summed E-state index contributed by atoms with van der Waals surface area (Å²) in [7, 11) is 0. The van der Waals surface area contributed by atoms with Gasteiger partial charge in [-0.3, -0.25) is 0 Å². The number of hydrogen-bond acceptors (Lipinski definition) is 4. The normalized spacial score (nSPS) is 19.3. The Labute approximate surface area is 110 Å². The Kier molecular flexibility index (Phi) is 2.48. The summed E-state index contributed by atoms with van der Waals surface area (Å²) in [6, 6.07) is 1.41. The molecule has 0 aliphatic heterocycles. The Morgan fingerprint density at radius 2 is 2.22 bits per heavy atom. The Balaban J connectivity index is 1.53. The Hall–Kier alpha value is -1.20. The topological polar surface area (TPSA) is 42.7 Å². The zero-order valence-corrected chi connectivity index (χ0v) is 11.0. The number of aromatic nitrogens is 3. The van der Waals surface area contributed by atoms with Crippen molar-refractivity contribution in [2.24, 2.45) is 0 Å². The maximum Gasteiger partial charge on any atom is 0.141 e. The van der Waals surface area contributed by atoms with E-state index in [1.165, 1.54) is 31.4 Å². The second-order valence-corrected chi connectivity index (χ2v) is 6.07. The molecule has 0 radical (unpaired) electrons. The van der Waals surface area contributed by atoms with Crippen LogP contribution >= 0.6 is 11.3 Å². The van der Waals surface area contributed by atoms with E-state index in [9.17, 15) is 0 Å². The minimum Gasteiger partial charge on any atom is -0.326 e. The summed E-state index contributed by atoms with van der Waals surface area (Å²) >= 11 is 1.73. The molecule has 4 rings (SSSR count). The van der Waals surface area contributed by atoms with Gasteiger partial charge in [-0.25, -0.2) is 9.97 Å². The third kappa shape index (κ3) is 2.08. The van der Waals surface area contributed by atoms with Crippen LogP contribution in [0.4, 0.5) is 0 Å². The molecule has 2 aromatic heterocycles. The van der Waals surface area contributed by atoms with Crippen molar-refractivity contribution in [2.45, 2.75) is 44.3 Å². The number of rotatable bonds is 5. The molecule has 2 aliphatic rings. The van der Waals surface area contributed by atoms with Crippen molar-refractivity contribution in [3.05, 3.63) is 23.6 Å². The lowest BCUT2D eigenvalue weighted by Crippen LogP contribution is -2.15. The summed E-state index contributed by atoms with van der Waals surface area (Å²) in [5.74, 6) is 0. The van der Waals surface area contributed by atoms with Crippen LogP contribution in [0, 0.1) is 0 Å². The van der Waals surface area contributed by atoms with Gasteiger partial charge in [-0.15, -0.1) is 11.3 Å². The van der Waals surface area contributed by atoms with Gasteiger partial charge in [0.1, 0.15) is 5.01 Å². The number of thiazole rings is 1. The van der Waals surface area contributed by atoms with Crippen molar-refractivity contribution in [1.82, 2.24) is 19.9 Å². The Morgan fingerprint density at radius 3 is 3.00 bits per heavy atom. The van der Waals surface area contributed by atoms with E-state index < -0.39 is 0 Å². The second kappa shape index (κ2) is 4.17. The molecule has 2 aromatic rings. The summed E-state index contributed by atoms with van der Waals surface area (Å²) < 4.78 is 2.27. The molecular formula is C13H16N4S. The number of imidazole rings is 1. The van der Waals surface area contributed by atoms with Crippen LogP contribution in [-0.2, 0) is 6.54 Å². The van der Waals surface area contributed by atoms with Gasteiger partial charge in [0.2, 0.25) is 0 Å². The molecule has 5 heteroatoms. The van der Waals surface area contributed by atoms with E-state index in [2.05, 4.69) is 20.2 Å². The number of nitrogens with one attached hydrogen (secondary N) is 1. The minimum absolute atomic E-state index is 0.666. The highest BCUT2D eigenvalue weighted by molar-refractivity contribution is 7.13. The molecule has 4 nitrogen and oxygen atoms in total. The summed E-state index contributed by atoms with van der Waals surface area (Å²) in [5.41, 5.74) is 2.34. The highest BCUT2D eigenvalue weighted by Gasteiger charge is 2.26. The molecule has 2 aliphatic carbocycles. The van der Waals surface area contributed by atoms with Gasteiger partial charge >= 0.3 is 0 Å². The fraction of sp³-hybridized carbons (Fsp3) is 0.538. The van der Waals surface area contributed by atoms with Crippen molar-refractivity contribution >= 4 is 11.3 Å². The lowest BCUT2D eigenvalue weighted by Gasteiger charge is -2.02. The van der Waals surface area contributed by atoms with Gasteiger partial charge in [0, 0.05) is 24.0 Å². The predicted molar refractivity (Wildman–Crippen MR) is 71.5 cm³/mol. The van der Waals surface area contributed by atoms with Gasteiger partial charge in [0.25, 0.3) is 0 Å². The number of hydrogen-bond donors (Lipinski definition) is 1. The van der Waals surface area contributed by atoms with Crippen LogP contribution in [0.15, 0.2) is 17.9 Å². The van der Waals surface area contributed by atoms with Gasteiger partial charge in [-0.2, -0.15) is 0 Å². The van der Waals surface area contributed by atoms with Crippen molar-refractivity contribution < 1.29 is 0 Å². The SMILES string of the molecule is c1sc(-c2cncn2C2CC2)nc1CNC1CC1. The first-order chi connectivity index (χ1) is 8.90. The van der Waals surface area contributed by atoms with E-state index in [-0.39, 0.29) is 0 Å². The molecular weight excluding hydrogens is 244 g/mol. The molecule has 2 heterocycles. The van der Waals surface area contributed by atoms with E-state index in [1.54, 1.807) is 11.3 Å². The van der Waals surface area contributed by atoms with Crippen LogP contribution in [0.25, 0.3) is 10.7 Å². The van der Waals surface area contributed by atoms with Crippen LogP contribution in [0.1, 0.15) is 37.4 Å². The largest absolute Gasteiger partial charge is 0.326 e. The van der Waals surface area contributed by atoms with Gasteiger partial charge in [-0.05, 0) is 25.7 Å². The third-order valence-corrected chi connectivity index (χ3v) is 4.44. The van der Waals surface area contributed by atoms with Gasteiger partial charge in [-0.1, -0.05) is 0 Å². The molecule has 2 saturated carbocycles. The summed E-state index contributed by atoms with van der Waals surface area (Å²) in [5, 5.41) is 6.77. The van der Waals surface area contributed by atoms with Gasteiger partial charge in [0.05, 0.1) is 23.9 Å². The smallest absolute Gasteiger partial charge is 0.141 e. The van der Waals surface area contributed by atoms with Crippen LogP contribution < -0.4 is 5.32 Å². The molecule has 0 bridgehead atoms. The molecule has 1 N–H and O–H groups in total. The molecule has 2 fully saturated rings. The van der Waals surface area contributed by atoms with Gasteiger partial charge < -0.3 is 9.88 Å². The van der Waals surface area contributed by atoms with E-state index in [1.807, 2.05) is 12.5 Å². The lowest BCUT2D eigenvalue weighted by atomic mass is 10.4. The fourth-order valence-corrected chi connectivity index (χ4v) is 2.99. The minimum atomic E-state index is 0.666. The summed E-state index contributed by atoms with van der Waals surface area (Å²) in [6.45, 7) is 0.902. The Bertz CT molecular complexity index is 551. The van der Waals surface area contributed by atoms with Crippen molar-refractivity contribution in [2.75, 3.05) is 0 Å². The van der Waals surface area contributed by atoms with Crippen LogP contribution in [0.5, 0.6) is 0 Å². The predicted octanol–water partition coefficient (Wildman–Crippen LogP) is 2.59. The van der Waals surface area contributed by atoms with Crippen LogP contribution in [0.3, 0.4) is 0 Å². The average Bonchev–Trinajstić information content (AvgIpc) is 3.30. The Morgan fingerprint density at radius 1 is 1.33 bits per heavy atom. The lowest BCUT2D eigenvalue weighted by molar-refractivity contribution is 0.677. The molecule has 0 aromatic carbocycles. The number of nitrogens with zero attached hydrogens (tertiary/aromatic N) is 3. The quantitative estimate of drug-likeness (QED) is 0.898. The van der Waals surface area contributed by atoms with E-state index in [4.69, 9.17) is 4.98 Å². The molecule has 0 atom stereocenters. The second-order valence-electron chi connectivity index (χ2n) is 5.22. The standard InChI is InChI=1S/C13H16N4S/c1-2-9(1)15-5-10-7-18-13(16-10)12-6-14-8-17(12)11-3-4-11/h6-9,11,15H,1-5H2. The zero-order chi connectivity index (χ0) is 11.9. The van der Waals surface area contributed by atoms with E-state index in [0.717, 1.165) is 23.3 Å². The maximum absolute atomic E-state index is 4.72. The van der Waals surface area contributed by atoms with Gasteiger partial charge in [0.15, 0.2) is 0 Å². The summed E-state index contributed by atoms with van der Waals surface area (Å²) in [4.78, 5) is 8.99. The molecule has 18 heavy (non-hydrogen) atoms. The van der Waals surface area contributed by atoms with E-state index in [0.29, 0.717) is 6.04 Å². The highest BCUT2D eigenvalue weighted by atomic mass is 32.1.